The summed E-state index contributed by atoms with van der Waals surface area (Å²) in [6.07, 6.45) is 1.88. The van der Waals surface area contributed by atoms with Gasteiger partial charge in [-0.25, -0.2) is 4.98 Å². The first kappa shape index (κ1) is 21.9. The lowest BCUT2D eigenvalue weighted by Gasteiger charge is -2.33. The number of aromatic nitrogens is 1. The SMILES string of the molecule is CN=C(NCc1ccnc(N2CCN(C)CC2)c1)NC(C)COC.I. The molecule has 0 saturated carbocycles. The van der Waals surface area contributed by atoms with Crippen LogP contribution in [0.5, 0.6) is 0 Å². The second kappa shape index (κ2) is 11.5. The van der Waals surface area contributed by atoms with E-state index in [-0.39, 0.29) is 30.0 Å². The van der Waals surface area contributed by atoms with Crippen molar-refractivity contribution < 1.29 is 4.74 Å². The maximum absolute atomic E-state index is 5.14. The number of aliphatic imine (C=N–C) groups is 1. The molecule has 1 aliphatic rings. The number of rotatable bonds is 6. The van der Waals surface area contributed by atoms with Crippen LogP contribution < -0.4 is 15.5 Å². The van der Waals surface area contributed by atoms with Gasteiger partial charge in [0.2, 0.25) is 0 Å². The van der Waals surface area contributed by atoms with Crippen molar-refractivity contribution in [1.29, 1.82) is 0 Å². The summed E-state index contributed by atoms with van der Waals surface area (Å²) in [6.45, 7) is 7.63. The monoisotopic (exact) mass is 462 g/mol. The highest BCUT2D eigenvalue weighted by atomic mass is 127. The average Bonchev–Trinajstić information content (AvgIpc) is 2.59. The molecule has 1 atom stereocenters. The molecule has 1 aromatic rings. The molecular weight excluding hydrogens is 431 g/mol. The predicted molar refractivity (Wildman–Crippen MR) is 114 cm³/mol. The number of hydrogen-bond donors (Lipinski definition) is 2. The summed E-state index contributed by atoms with van der Waals surface area (Å²) < 4.78 is 5.14. The number of likely N-dealkylation sites (N-methyl/N-ethyl adjacent to an activating group) is 1. The lowest BCUT2D eigenvalue weighted by atomic mass is 10.2. The number of methoxy groups -OCH3 is 1. The molecule has 0 aromatic carbocycles. The van der Waals surface area contributed by atoms with Gasteiger partial charge in [0.25, 0.3) is 0 Å². The van der Waals surface area contributed by atoms with Crippen LogP contribution in [-0.2, 0) is 11.3 Å². The minimum atomic E-state index is 0. The second-order valence-corrected chi connectivity index (χ2v) is 6.24. The Kier molecular flexibility index (Phi) is 10.1. The quantitative estimate of drug-likeness (QED) is 0.376. The summed E-state index contributed by atoms with van der Waals surface area (Å²) in [6, 6.07) is 4.40. The van der Waals surface area contributed by atoms with Crippen LogP contribution in [-0.4, -0.2) is 75.9 Å². The Labute approximate surface area is 168 Å². The van der Waals surface area contributed by atoms with Gasteiger partial charge in [-0.2, -0.15) is 0 Å². The van der Waals surface area contributed by atoms with E-state index in [4.69, 9.17) is 4.74 Å². The van der Waals surface area contributed by atoms with Gasteiger partial charge >= 0.3 is 0 Å². The van der Waals surface area contributed by atoms with Crippen molar-refractivity contribution in [2.45, 2.75) is 19.5 Å². The fraction of sp³-hybridized carbons (Fsp3) is 0.647. The molecular formula is C17H31IN6O. The van der Waals surface area contributed by atoms with E-state index in [2.05, 4.69) is 50.4 Å². The average molecular weight is 462 g/mol. The highest BCUT2D eigenvalue weighted by Gasteiger charge is 2.15. The fourth-order valence-electron chi connectivity index (χ4n) is 2.68. The van der Waals surface area contributed by atoms with Gasteiger partial charge < -0.3 is 25.2 Å². The smallest absolute Gasteiger partial charge is 0.191 e. The molecule has 0 radical (unpaired) electrons. The van der Waals surface area contributed by atoms with Crippen molar-refractivity contribution in [2.75, 3.05) is 58.9 Å². The molecule has 1 saturated heterocycles. The molecule has 0 bridgehead atoms. The molecule has 7 nitrogen and oxygen atoms in total. The van der Waals surface area contributed by atoms with Crippen LogP contribution in [0.3, 0.4) is 0 Å². The maximum atomic E-state index is 5.14. The molecule has 25 heavy (non-hydrogen) atoms. The van der Waals surface area contributed by atoms with E-state index in [0.717, 1.165) is 38.0 Å². The summed E-state index contributed by atoms with van der Waals surface area (Å²) in [5, 5.41) is 6.64. The van der Waals surface area contributed by atoms with E-state index in [1.54, 1.807) is 14.2 Å². The van der Waals surface area contributed by atoms with Crippen molar-refractivity contribution >= 4 is 35.8 Å². The normalized spacial score (nSPS) is 17.0. The summed E-state index contributed by atoms with van der Waals surface area (Å²) in [5.74, 6) is 1.83. The third kappa shape index (κ3) is 7.33. The van der Waals surface area contributed by atoms with E-state index in [1.807, 2.05) is 12.3 Å². The standard InChI is InChI=1S/C17H30N6O.HI/c1-14(13-24-4)21-17(18-2)20-12-15-5-6-19-16(11-15)23-9-7-22(3)8-10-23;/h5-6,11,14H,7-10,12-13H2,1-4H3,(H2,18,20,21);1H. The van der Waals surface area contributed by atoms with Crippen molar-refractivity contribution in [3.8, 4) is 0 Å². The van der Waals surface area contributed by atoms with Gasteiger partial charge in [0.1, 0.15) is 5.82 Å². The molecule has 1 unspecified atom stereocenters. The Bertz CT molecular complexity index is 534. The van der Waals surface area contributed by atoms with Crippen LogP contribution in [0, 0.1) is 0 Å². The Morgan fingerprint density at radius 2 is 2.08 bits per heavy atom. The van der Waals surface area contributed by atoms with Crippen LogP contribution in [0.25, 0.3) is 0 Å². The topological polar surface area (TPSA) is 65.0 Å². The van der Waals surface area contributed by atoms with Crippen molar-refractivity contribution in [3.63, 3.8) is 0 Å². The zero-order chi connectivity index (χ0) is 17.4. The fourth-order valence-corrected chi connectivity index (χ4v) is 2.68. The van der Waals surface area contributed by atoms with E-state index in [0.29, 0.717) is 13.2 Å². The maximum Gasteiger partial charge on any atom is 0.191 e. The minimum Gasteiger partial charge on any atom is -0.383 e. The number of nitrogens with one attached hydrogen (secondary N) is 2. The summed E-state index contributed by atoms with van der Waals surface area (Å²) >= 11 is 0. The molecule has 0 aliphatic carbocycles. The number of piperazine rings is 1. The van der Waals surface area contributed by atoms with Gasteiger partial charge in [-0.1, -0.05) is 0 Å². The highest BCUT2D eigenvalue weighted by molar-refractivity contribution is 14.0. The number of ether oxygens (including phenoxy) is 1. The van der Waals surface area contributed by atoms with Crippen LogP contribution in [0.2, 0.25) is 0 Å². The largest absolute Gasteiger partial charge is 0.383 e. The molecule has 1 fully saturated rings. The van der Waals surface area contributed by atoms with E-state index in [9.17, 15) is 0 Å². The number of anilines is 1. The van der Waals surface area contributed by atoms with Gasteiger partial charge in [-0.15, -0.1) is 24.0 Å². The molecule has 2 rings (SSSR count). The molecule has 0 spiro atoms. The summed E-state index contributed by atoms with van der Waals surface area (Å²) in [5.41, 5.74) is 1.20. The molecule has 142 valence electrons. The first-order chi connectivity index (χ1) is 11.6. The van der Waals surface area contributed by atoms with E-state index in [1.165, 1.54) is 5.56 Å². The van der Waals surface area contributed by atoms with Crippen molar-refractivity contribution in [3.05, 3.63) is 23.9 Å². The molecule has 1 aliphatic heterocycles. The van der Waals surface area contributed by atoms with Gasteiger partial charge in [0, 0.05) is 59.1 Å². The Balaban J connectivity index is 0.00000312. The zero-order valence-corrected chi connectivity index (χ0v) is 18.0. The molecule has 2 heterocycles. The van der Waals surface area contributed by atoms with E-state index < -0.39 is 0 Å². The van der Waals surface area contributed by atoms with Crippen LogP contribution >= 0.6 is 24.0 Å². The third-order valence-electron chi connectivity index (χ3n) is 4.12. The Morgan fingerprint density at radius 1 is 1.36 bits per heavy atom. The number of nitrogens with zero attached hydrogens (tertiary/aromatic N) is 4. The van der Waals surface area contributed by atoms with Crippen LogP contribution in [0.15, 0.2) is 23.3 Å². The third-order valence-corrected chi connectivity index (χ3v) is 4.12. The summed E-state index contributed by atoms with van der Waals surface area (Å²) in [7, 11) is 5.64. The van der Waals surface area contributed by atoms with Gasteiger partial charge in [0.15, 0.2) is 5.96 Å². The zero-order valence-electron chi connectivity index (χ0n) is 15.7. The molecule has 1 aromatic heterocycles. The first-order valence-electron chi connectivity index (χ1n) is 8.47. The number of pyridine rings is 1. The van der Waals surface area contributed by atoms with Crippen molar-refractivity contribution in [1.82, 2.24) is 20.5 Å². The Morgan fingerprint density at radius 3 is 2.72 bits per heavy atom. The Hall–Kier alpha value is -1.13. The second-order valence-electron chi connectivity index (χ2n) is 6.24. The lowest BCUT2D eigenvalue weighted by Crippen LogP contribution is -2.45. The van der Waals surface area contributed by atoms with Crippen molar-refractivity contribution in [2.24, 2.45) is 4.99 Å². The molecule has 2 N–H and O–H groups in total. The van der Waals surface area contributed by atoms with Gasteiger partial charge in [0.05, 0.1) is 6.61 Å². The van der Waals surface area contributed by atoms with Crippen LogP contribution in [0.4, 0.5) is 5.82 Å². The van der Waals surface area contributed by atoms with E-state index >= 15 is 0 Å². The molecule has 0 amide bonds. The number of guanidine groups is 1. The molecule has 8 heteroatoms. The number of halogens is 1. The first-order valence-corrected chi connectivity index (χ1v) is 8.47. The summed E-state index contributed by atoms with van der Waals surface area (Å²) in [4.78, 5) is 13.5. The van der Waals surface area contributed by atoms with Gasteiger partial charge in [-0.3, -0.25) is 4.99 Å². The lowest BCUT2D eigenvalue weighted by molar-refractivity contribution is 0.179. The minimum absolute atomic E-state index is 0. The van der Waals surface area contributed by atoms with Gasteiger partial charge in [-0.05, 0) is 31.7 Å². The number of hydrogen-bond acceptors (Lipinski definition) is 5. The highest BCUT2D eigenvalue weighted by Crippen LogP contribution is 2.14. The van der Waals surface area contributed by atoms with Crippen LogP contribution in [0.1, 0.15) is 12.5 Å². The predicted octanol–water partition coefficient (Wildman–Crippen LogP) is 1.15.